The Morgan fingerprint density at radius 1 is 1.12 bits per heavy atom. The Hall–Kier alpha value is -4.47. The molecular formula is C30H30FN5O4. The summed E-state index contributed by atoms with van der Waals surface area (Å²) in [4.78, 5) is 32.4. The molecule has 9 nitrogen and oxygen atoms in total. The van der Waals surface area contributed by atoms with Crippen LogP contribution in [0.4, 0.5) is 9.18 Å². The predicted octanol–water partition coefficient (Wildman–Crippen LogP) is 4.93. The number of carbonyl (C=O) groups is 2. The van der Waals surface area contributed by atoms with Crippen LogP contribution >= 0.6 is 0 Å². The fourth-order valence-electron chi connectivity index (χ4n) is 5.07. The highest BCUT2D eigenvalue weighted by molar-refractivity contribution is 5.98. The Morgan fingerprint density at radius 2 is 1.93 bits per heavy atom. The van der Waals surface area contributed by atoms with Crippen LogP contribution < -0.4 is 4.74 Å². The molecule has 0 aliphatic carbocycles. The van der Waals surface area contributed by atoms with Gasteiger partial charge in [-0.2, -0.15) is 5.10 Å². The predicted molar refractivity (Wildman–Crippen MR) is 146 cm³/mol. The standard InChI is InChI=1S/C30H30FN5O4/c1-30(2,3)40-29(38)36-14-20(15-36)39-26-10-9-21(23-16-34(4)33-27(23)26)18-7-8-19(24(31)12-18)13-35-17-25-22(28(35)37)6-5-11-32-25/h5-12,16,20H,13-15,17H2,1-4H3. The molecule has 2 aromatic heterocycles. The van der Waals surface area contributed by atoms with E-state index in [1.165, 1.54) is 6.07 Å². The zero-order chi connectivity index (χ0) is 28.2. The fourth-order valence-corrected chi connectivity index (χ4v) is 5.07. The van der Waals surface area contributed by atoms with Gasteiger partial charge in [-0.3, -0.25) is 14.5 Å². The number of likely N-dealkylation sites (tertiary alicyclic amines) is 1. The number of rotatable bonds is 5. The molecule has 0 radical (unpaired) electrons. The van der Waals surface area contributed by atoms with E-state index in [0.717, 1.165) is 10.9 Å². The fraction of sp³-hybridized carbons (Fsp3) is 0.333. The van der Waals surface area contributed by atoms with Crippen molar-refractivity contribution in [3.8, 4) is 16.9 Å². The van der Waals surface area contributed by atoms with E-state index in [4.69, 9.17) is 9.47 Å². The van der Waals surface area contributed by atoms with E-state index in [9.17, 15) is 9.59 Å². The van der Waals surface area contributed by atoms with E-state index in [-0.39, 0.29) is 30.5 Å². The first kappa shape index (κ1) is 25.8. The first-order valence-electron chi connectivity index (χ1n) is 13.2. The van der Waals surface area contributed by atoms with Crippen LogP contribution in [0.5, 0.6) is 5.75 Å². The van der Waals surface area contributed by atoms with Gasteiger partial charge in [0.25, 0.3) is 5.91 Å². The molecule has 0 atom stereocenters. The zero-order valence-electron chi connectivity index (χ0n) is 22.8. The van der Waals surface area contributed by atoms with Crippen LogP contribution in [0.25, 0.3) is 22.0 Å². The van der Waals surface area contributed by atoms with Crippen LogP contribution in [0.15, 0.2) is 54.9 Å². The number of carbonyl (C=O) groups excluding carboxylic acids is 2. The molecule has 0 bridgehead atoms. The number of hydrogen-bond acceptors (Lipinski definition) is 6. The number of ether oxygens (including phenoxy) is 2. The van der Waals surface area contributed by atoms with Crippen molar-refractivity contribution in [3.05, 3.63) is 77.5 Å². The minimum absolute atomic E-state index is 0.139. The molecule has 2 aromatic carbocycles. The Kier molecular flexibility index (Phi) is 6.20. The van der Waals surface area contributed by atoms with Crippen molar-refractivity contribution >= 4 is 22.9 Å². The molecule has 0 N–H and O–H groups in total. The second-order valence-corrected chi connectivity index (χ2v) is 11.3. The van der Waals surface area contributed by atoms with Crippen LogP contribution in [0, 0.1) is 5.82 Å². The summed E-state index contributed by atoms with van der Waals surface area (Å²) in [7, 11) is 1.82. The quantitative estimate of drug-likeness (QED) is 0.355. The monoisotopic (exact) mass is 543 g/mol. The van der Waals surface area contributed by atoms with Gasteiger partial charge in [-0.05, 0) is 62.2 Å². The summed E-state index contributed by atoms with van der Waals surface area (Å²) in [6.45, 7) is 6.90. The number of benzene rings is 2. The van der Waals surface area contributed by atoms with Crippen molar-refractivity contribution in [3.63, 3.8) is 0 Å². The third-order valence-electron chi connectivity index (χ3n) is 7.02. The largest absolute Gasteiger partial charge is 0.484 e. The molecule has 0 spiro atoms. The number of halogens is 1. The van der Waals surface area contributed by atoms with E-state index in [2.05, 4.69) is 10.1 Å². The lowest BCUT2D eigenvalue weighted by atomic mass is 9.99. The summed E-state index contributed by atoms with van der Waals surface area (Å²) in [6, 6.07) is 12.3. The molecule has 6 rings (SSSR count). The summed E-state index contributed by atoms with van der Waals surface area (Å²) in [5.74, 6) is 0.0780. The minimum atomic E-state index is -0.550. The van der Waals surface area contributed by atoms with Crippen LogP contribution in [0.3, 0.4) is 0 Å². The molecule has 40 heavy (non-hydrogen) atoms. The van der Waals surface area contributed by atoms with Gasteiger partial charge in [0.15, 0.2) is 0 Å². The molecular weight excluding hydrogens is 513 g/mol. The molecule has 4 aromatic rings. The van der Waals surface area contributed by atoms with Gasteiger partial charge in [-0.1, -0.05) is 12.1 Å². The molecule has 1 saturated heterocycles. The SMILES string of the molecule is Cn1cc2c(-c3ccc(CN4Cc5ncccc5C4=O)c(F)c3)ccc(OC3CN(C(=O)OC(C)(C)C)C3)c2n1. The van der Waals surface area contributed by atoms with Gasteiger partial charge in [0.1, 0.15) is 28.8 Å². The maximum absolute atomic E-state index is 15.3. The summed E-state index contributed by atoms with van der Waals surface area (Å²) in [5, 5.41) is 5.42. The smallest absolute Gasteiger partial charge is 0.410 e. The summed E-state index contributed by atoms with van der Waals surface area (Å²) < 4.78 is 28.6. The van der Waals surface area contributed by atoms with E-state index >= 15 is 4.39 Å². The Labute approximate surface area is 231 Å². The van der Waals surface area contributed by atoms with Crippen molar-refractivity contribution in [2.75, 3.05) is 13.1 Å². The van der Waals surface area contributed by atoms with Gasteiger partial charge >= 0.3 is 6.09 Å². The van der Waals surface area contributed by atoms with Crippen LogP contribution in [-0.2, 0) is 24.9 Å². The lowest BCUT2D eigenvalue weighted by molar-refractivity contribution is -0.0218. The number of aryl methyl sites for hydroxylation is 1. The highest BCUT2D eigenvalue weighted by Gasteiger charge is 2.35. The van der Waals surface area contributed by atoms with E-state index in [1.54, 1.807) is 38.9 Å². The third kappa shape index (κ3) is 4.85. The van der Waals surface area contributed by atoms with Crippen LogP contribution in [-0.4, -0.2) is 61.4 Å². The maximum Gasteiger partial charge on any atom is 0.410 e. The number of nitrogens with zero attached hydrogens (tertiary/aromatic N) is 5. The van der Waals surface area contributed by atoms with Gasteiger partial charge in [0, 0.05) is 36.9 Å². The number of aromatic nitrogens is 3. The van der Waals surface area contributed by atoms with Crippen LogP contribution in [0.1, 0.15) is 42.4 Å². The second kappa shape index (κ2) is 9.62. The lowest BCUT2D eigenvalue weighted by Crippen LogP contribution is -2.57. The van der Waals surface area contributed by atoms with Gasteiger partial charge in [-0.25, -0.2) is 9.18 Å². The van der Waals surface area contributed by atoms with E-state index < -0.39 is 5.60 Å². The van der Waals surface area contributed by atoms with Gasteiger partial charge in [0.2, 0.25) is 0 Å². The maximum atomic E-state index is 15.3. The summed E-state index contributed by atoms with van der Waals surface area (Å²) in [6.07, 6.45) is 3.01. The third-order valence-corrected chi connectivity index (χ3v) is 7.02. The molecule has 2 aliphatic heterocycles. The molecule has 4 heterocycles. The number of pyridine rings is 1. The summed E-state index contributed by atoms with van der Waals surface area (Å²) in [5.41, 5.74) is 3.35. The van der Waals surface area contributed by atoms with Crippen molar-refractivity contribution in [1.29, 1.82) is 0 Å². The Balaban J connectivity index is 1.18. The van der Waals surface area contributed by atoms with Crippen LogP contribution in [0.2, 0.25) is 0 Å². The van der Waals surface area contributed by atoms with Gasteiger partial charge in [0.05, 0.1) is 30.9 Å². The zero-order valence-corrected chi connectivity index (χ0v) is 22.8. The van der Waals surface area contributed by atoms with E-state index in [0.29, 0.717) is 53.3 Å². The lowest BCUT2D eigenvalue weighted by Gasteiger charge is -2.39. The average molecular weight is 544 g/mol. The molecule has 2 aliphatic rings. The Bertz CT molecular complexity index is 1640. The Morgan fingerprint density at radius 3 is 2.65 bits per heavy atom. The molecule has 10 heteroatoms. The van der Waals surface area contributed by atoms with Crippen molar-refractivity contribution in [2.24, 2.45) is 7.05 Å². The van der Waals surface area contributed by atoms with Gasteiger partial charge in [-0.15, -0.1) is 0 Å². The molecule has 206 valence electrons. The van der Waals surface area contributed by atoms with Gasteiger partial charge < -0.3 is 19.3 Å². The number of amides is 2. The topological polar surface area (TPSA) is 89.8 Å². The van der Waals surface area contributed by atoms with E-state index in [1.807, 2.05) is 52.2 Å². The molecule has 0 unspecified atom stereocenters. The average Bonchev–Trinajstić information content (AvgIpc) is 3.41. The molecule has 0 saturated carbocycles. The highest BCUT2D eigenvalue weighted by atomic mass is 19.1. The normalized spacial score (nSPS) is 15.4. The summed E-state index contributed by atoms with van der Waals surface area (Å²) >= 11 is 0. The molecule has 1 fully saturated rings. The van der Waals surface area contributed by atoms with Crippen molar-refractivity contribution < 1.29 is 23.5 Å². The number of hydrogen-bond donors (Lipinski definition) is 0. The first-order valence-corrected chi connectivity index (χ1v) is 13.2. The molecule has 2 amide bonds. The second-order valence-electron chi connectivity index (χ2n) is 11.3. The minimum Gasteiger partial charge on any atom is -0.484 e. The number of fused-ring (bicyclic) bond motifs is 2. The van der Waals surface area contributed by atoms with Crippen molar-refractivity contribution in [1.82, 2.24) is 24.6 Å². The first-order chi connectivity index (χ1) is 19.1. The van der Waals surface area contributed by atoms with Crippen molar-refractivity contribution in [2.45, 2.75) is 45.6 Å². The highest BCUT2D eigenvalue weighted by Crippen LogP contribution is 2.36.